The van der Waals surface area contributed by atoms with E-state index in [1.54, 1.807) is 0 Å². The molecule has 0 aromatic rings. The number of rotatable bonds is 1. The van der Waals surface area contributed by atoms with Gasteiger partial charge in [0.05, 0.1) is 18.1 Å². The van der Waals surface area contributed by atoms with Gasteiger partial charge in [0.2, 0.25) is 0 Å². The highest BCUT2D eigenvalue weighted by molar-refractivity contribution is 8.02. The van der Waals surface area contributed by atoms with Gasteiger partial charge in [-0.05, 0) is 26.7 Å². The van der Waals surface area contributed by atoms with Crippen molar-refractivity contribution in [3.63, 3.8) is 0 Å². The molecule has 1 N–H and O–H groups in total. The maximum absolute atomic E-state index is 13.2. The Kier molecular flexibility index (Phi) is 4.07. The van der Waals surface area contributed by atoms with E-state index in [2.05, 4.69) is 33.0 Å². The van der Waals surface area contributed by atoms with Crippen molar-refractivity contribution in [3.05, 3.63) is 0 Å². The summed E-state index contributed by atoms with van der Waals surface area (Å²) in [6, 6.07) is 0. The van der Waals surface area contributed by atoms with Gasteiger partial charge in [-0.1, -0.05) is 33.1 Å². The second-order valence-corrected chi connectivity index (χ2v) is 12.2. The van der Waals surface area contributed by atoms with Crippen LogP contribution in [0.2, 0.25) is 0 Å². The summed E-state index contributed by atoms with van der Waals surface area (Å²) < 4.78 is 24.7. The standard InChI is InChI=1S/C15H28NO3PS/c1-13(2)10-18-20(17,19-11-13)12-14(3,4)21-15(16-12)8-6-5-7-9-15/h12,16H,5-11H2,1-4H3. The van der Waals surface area contributed by atoms with E-state index in [4.69, 9.17) is 9.05 Å². The van der Waals surface area contributed by atoms with Crippen molar-refractivity contribution in [3.8, 4) is 0 Å². The second kappa shape index (κ2) is 5.24. The fourth-order valence-electron chi connectivity index (χ4n) is 3.60. The Labute approximate surface area is 132 Å². The van der Waals surface area contributed by atoms with E-state index in [1.165, 1.54) is 19.3 Å². The van der Waals surface area contributed by atoms with Crippen LogP contribution in [0.15, 0.2) is 0 Å². The number of thioether (sulfide) groups is 1. The van der Waals surface area contributed by atoms with Gasteiger partial charge in [0.15, 0.2) is 0 Å². The fourth-order valence-corrected chi connectivity index (χ4v) is 8.68. The largest absolute Gasteiger partial charge is 0.348 e. The Bertz CT molecular complexity index is 446. The monoisotopic (exact) mass is 333 g/mol. The molecule has 1 unspecified atom stereocenters. The van der Waals surface area contributed by atoms with Crippen molar-refractivity contribution < 1.29 is 13.6 Å². The van der Waals surface area contributed by atoms with Crippen LogP contribution >= 0.6 is 19.4 Å². The van der Waals surface area contributed by atoms with Crippen molar-refractivity contribution in [2.75, 3.05) is 13.2 Å². The van der Waals surface area contributed by atoms with Gasteiger partial charge in [0.25, 0.3) is 0 Å². The van der Waals surface area contributed by atoms with Crippen molar-refractivity contribution in [1.82, 2.24) is 5.32 Å². The van der Waals surface area contributed by atoms with Crippen LogP contribution in [-0.2, 0) is 13.6 Å². The van der Waals surface area contributed by atoms with Gasteiger partial charge in [-0.3, -0.25) is 9.88 Å². The lowest BCUT2D eigenvalue weighted by atomic mass is 9.94. The number of nitrogens with one attached hydrogen (secondary N) is 1. The predicted octanol–water partition coefficient (Wildman–Crippen LogP) is 4.35. The molecule has 2 heterocycles. The maximum Gasteiger partial charge on any atom is 0.348 e. The normalized spacial score (nSPS) is 36.7. The lowest BCUT2D eigenvalue weighted by Gasteiger charge is -2.39. The molecule has 3 rings (SSSR count). The SMILES string of the molecule is CC1(C)COP(=O)(C2NC3(CCCCC3)SC2(C)C)OC1. The van der Waals surface area contributed by atoms with Gasteiger partial charge in [-0.15, -0.1) is 11.8 Å². The van der Waals surface area contributed by atoms with E-state index in [9.17, 15) is 4.57 Å². The highest BCUT2D eigenvalue weighted by Crippen LogP contribution is 2.66. The fraction of sp³-hybridized carbons (Fsp3) is 1.00. The van der Waals surface area contributed by atoms with Crippen LogP contribution in [0.4, 0.5) is 0 Å². The molecule has 0 bridgehead atoms. The highest BCUT2D eigenvalue weighted by atomic mass is 32.2. The molecule has 6 heteroatoms. The average molecular weight is 333 g/mol. The molecular formula is C15H28NO3PS. The summed E-state index contributed by atoms with van der Waals surface area (Å²) in [4.78, 5) is 0.0729. The van der Waals surface area contributed by atoms with Gasteiger partial charge in [-0.25, -0.2) is 0 Å². The summed E-state index contributed by atoms with van der Waals surface area (Å²) in [5, 5.41) is 3.68. The lowest BCUT2D eigenvalue weighted by Crippen LogP contribution is -2.47. The summed E-state index contributed by atoms with van der Waals surface area (Å²) in [7, 11) is -3.09. The first kappa shape index (κ1) is 16.3. The molecule has 21 heavy (non-hydrogen) atoms. The predicted molar refractivity (Wildman–Crippen MR) is 87.7 cm³/mol. The Hall–Kier alpha value is 0.460. The second-order valence-electron chi connectivity index (χ2n) is 8.06. The van der Waals surface area contributed by atoms with Gasteiger partial charge in [-0.2, -0.15) is 0 Å². The van der Waals surface area contributed by atoms with Crippen LogP contribution in [0.5, 0.6) is 0 Å². The molecule has 0 aromatic carbocycles. The minimum absolute atomic E-state index is 0.0493. The van der Waals surface area contributed by atoms with Crippen LogP contribution < -0.4 is 5.32 Å². The van der Waals surface area contributed by atoms with Crippen molar-refractivity contribution in [1.29, 1.82) is 0 Å². The van der Waals surface area contributed by atoms with E-state index in [0.29, 0.717) is 13.2 Å². The van der Waals surface area contributed by atoms with Crippen molar-refractivity contribution in [2.45, 2.75) is 75.2 Å². The zero-order chi connectivity index (χ0) is 15.4. The highest BCUT2D eigenvalue weighted by Gasteiger charge is 2.59. The molecular weight excluding hydrogens is 305 g/mol. The molecule has 1 atom stereocenters. The Morgan fingerprint density at radius 3 is 2.19 bits per heavy atom. The van der Waals surface area contributed by atoms with E-state index in [0.717, 1.165) is 12.8 Å². The minimum atomic E-state index is -3.09. The zero-order valence-electron chi connectivity index (χ0n) is 13.6. The van der Waals surface area contributed by atoms with Gasteiger partial charge in [0, 0.05) is 10.2 Å². The smallest absolute Gasteiger partial charge is 0.307 e. The summed E-state index contributed by atoms with van der Waals surface area (Å²) in [5.41, 5.74) is -0.0493. The third-order valence-corrected chi connectivity index (χ3v) is 9.00. The molecule has 1 saturated carbocycles. The Morgan fingerprint density at radius 2 is 1.62 bits per heavy atom. The first-order valence-corrected chi connectivity index (χ1v) is 10.5. The Morgan fingerprint density at radius 1 is 1.05 bits per heavy atom. The van der Waals surface area contributed by atoms with Gasteiger partial charge >= 0.3 is 7.60 Å². The number of hydrogen-bond donors (Lipinski definition) is 1. The van der Waals surface area contributed by atoms with E-state index < -0.39 is 7.60 Å². The van der Waals surface area contributed by atoms with E-state index in [-0.39, 0.29) is 20.8 Å². The van der Waals surface area contributed by atoms with E-state index >= 15 is 0 Å². The third-order valence-electron chi connectivity index (χ3n) is 4.76. The number of hydrogen-bond acceptors (Lipinski definition) is 5. The molecule has 1 aliphatic carbocycles. The quantitative estimate of drug-likeness (QED) is 0.723. The molecule has 1 spiro atoms. The van der Waals surface area contributed by atoms with Crippen molar-refractivity contribution >= 4 is 19.4 Å². The molecule has 3 fully saturated rings. The van der Waals surface area contributed by atoms with Crippen LogP contribution in [-0.4, -0.2) is 28.6 Å². The Balaban J connectivity index is 1.80. The first-order valence-electron chi connectivity index (χ1n) is 8.03. The minimum Gasteiger partial charge on any atom is -0.307 e. The molecule has 2 saturated heterocycles. The molecule has 0 amide bonds. The molecule has 122 valence electrons. The van der Waals surface area contributed by atoms with Crippen LogP contribution in [0, 0.1) is 5.41 Å². The molecule has 3 aliphatic rings. The van der Waals surface area contributed by atoms with E-state index in [1.807, 2.05) is 11.8 Å². The lowest BCUT2D eigenvalue weighted by molar-refractivity contribution is 0.0350. The first-order chi connectivity index (χ1) is 9.67. The molecule has 4 nitrogen and oxygen atoms in total. The summed E-state index contributed by atoms with van der Waals surface area (Å²) in [6.45, 7) is 9.53. The van der Waals surface area contributed by atoms with Gasteiger partial charge in [0.1, 0.15) is 5.78 Å². The topological polar surface area (TPSA) is 47.6 Å². The van der Waals surface area contributed by atoms with Crippen LogP contribution in [0.3, 0.4) is 0 Å². The van der Waals surface area contributed by atoms with Crippen LogP contribution in [0.1, 0.15) is 59.8 Å². The summed E-state index contributed by atoms with van der Waals surface area (Å²) >= 11 is 1.95. The van der Waals surface area contributed by atoms with Gasteiger partial charge < -0.3 is 9.05 Å². The van der Waals surface area contributed by atoms with Crippen molar-refractivity contribution in [2.24, 2.45) is 5.41 Å². The summed E-state index contributed by atoms with van der Waals surface area (Å²) in [6.07, 6.45) is 6.13. The third kappa shape index (κ3) is 3.10. The average Bonchev–Trinajstić information content (AvgIpc) is 2.66. The summed E-state index contributed by atoms with van der Waals surface area (Å²) in [5.74, 6) is -0.204. The molecule has 2 aliphatic heterocycles. The van der Waals surface area contributed by atoms with Crippen LogP contribution in [0.25, 0.3) is 0 Å². The maximum atomic E-state index is 13.2. The zero-order valence-corrected chi connectivity index (χ0v) is 15.3. The molecule has 0 radical (unpaired) electrons. The molecule has 0 aromatic heterocycles.